The van der Waals surface area contributed by atoms with Gasteiger partial charge in [0.25, 0.3) is 5.24 Å². The van der Waals surface area contributed by atoms with Gasteiger partial charge in [0.15, 0.2) is 0 Å². The first kappa shape index (κ1) is 12.0. The second-order valence-electron chi connectivity index (χ2n) is 3.92. The van der Waals surface area contributed by atoms with Crippen LogP contribution in [0.2, 0.25) is 0 Å². The van der Waals surface area contributed by atoms with Gasteiger partial charge in [-0.25, -0.2) is 0 Å². The van der Waals surface area contributed by atoms with Crippen LogP contribution >= 0.6 is 11.8 Å². The molecule has 1 aliphatic rings. The van der Waals surface area contributed by atoms with E-state index in [9.17, 15) is 9.59 Å². The Balaban J connectivity index is 1.87. The summed E-state index contributed by atoms with van der Waals surface area (Å²) in [6, 6.07) is 9.41. The fraction of sp³-hybridized carbons (Fsp3) is 0.333. The summed E-state index contributed by atoms with van der Waals surface area (Å²) >= 11 is 1.04. The minimum atomic E-state index is -0.341. The molecule has 4 nitrogen and oxygen atoms in total. The molecule has 0 spiro atoms. The number of para-hydroxylation sites is 1. The van der Waals surface area contributed by atoms with Crippen LogP contribution in [0.25, 0.3) is 0 Å². The molecule has 0 aromatic heterocycles. The van der Waals surface area contributed by atoms with E-state index in [-0.39, 0.29) is 22.3 Å². The number of thioether (sulfide) groups is 1. The van der Waals surface area contributed by atoms with Crippen molar-refractivity contribution in [3.05, 3.63) is 30.3 Å². The second-order valence-corrected chi connectivity index (χ2v) is 5.03. The lowest BCUT2D eigenvalue weighted by Gasteiger charge is -2.15. The van der Waals surface area contributed by atoms with Crippen LogP contribution in [0, 0.1) is 5.92 Å². The molecule has 0 saturated carbocycles. The maximum absolute atomic E-state index is 11.4. The van der Waals surface area contributed by atoms with E-state index in [1.807, 2.05) is 37.3 Å². The molecule has 1 aromatic rings. The molecule has 17 heavy (non-hydrogen) atoms. The van der Waals surface area contributed by atoms with Crippen molar-refractivity contribution >= 4 is 22.9 Å². The number of carbonyl (C=O) groups excluding carboxylic acids is 2. The lowest BCUT2D eigenvalue weighted by atomic mass is 10.1. The van der Waals surface area contributed by atoms with Gasteiger partial charge in [-0.15, -0.1) is 0 Å². The number of ether oxygens (including phenoxy) is 1. The van der Waals surface area contributed by atoms with Gasteiger partial charge in [0.1, 0.15) is 5.75 Å². The summed E-state index contributed by atoms with van der Waals surface area (Å²) < 4.78 is 5.56. The molecule has 1 saturated heterocycles. The van der Waals surface area contributed by atoms with Gasteiger partial charge < -0.3 is 4.74 Å². The third-order valence-corrected chi connectivity index (χ3v) is 3.74. The summed E-state index contributed by atoms with van der Waals surface area (Å²) in [5.74, 6) is 0.546. The fourth-order valence-electron chi connectivity index (χ4n) is 1.58. The average molecular weight is 251 g/mol. The van der Waals surface area contributed by atoms with E-state index in [0.29, 0.717) is 6.61 Å². The first-order valence-electron chi connectivity index (χ1n) is 5.36. The summed E-state index contributed by atoms with van der Waals surface area (Å²) in [7, 11) is 0. The number of carbonyl (C=O) groups is 2. The Kier molecular flexibility index (Phi) is 3.68. The Morgan fingerprint density at radius 1 is 1.35 bits per heavy atom. The van der Waals surface area contributed by atoms with E-state index < -0.39 is 0 Å². The van der Waals surface area contributed by atoms with Crippen molar-refractivity contribution in [1.82, 2.24) is 5.32 Å². The molecule has 1 aliphatic heterocycles. The minimum Gasteiger partial charge on any atom is -0.493 e. The normalized spacial score (nSPS) is 21.1. The van der Waals surface area contributed by atoms with Crippen molar-refractivity contribution in [2.24, 2.45) is 5.92 Å². The summed E-state index contributed by atoms with van der Waals surface area (Å²) in [4.78, 5) is 22.5. The molecule has 2 amide bonds. The molecular weight excluding hydrogens is 238 g/mol. The predicted molar refractivity (Wildman–Crippen MR) is 66.0 cm³/mol. The van der Waals surface area contributed by atoms with Gasteiger partial charge in [0, 0.05) is 5.92 Å². The minimum absolute atomic E-state index is 0.00773. The fourth-order valence-corrected chi connectivity index (χ4v) is 2.44. The van der Waals surface area contributed by atoms with E-state index in [1.54, 1.807) is 0 Å². The zero-order valence-corrected chi connectivity index (χ0v) is 10.2. The maximum Gasteiger partial charge on any atom is 0.286 e. The Hall–Kier alpha value is -1.49. The second kappa shape index (κ2) is 5.23. The standard InChI is InChI=1S/C12H13NO3S/c1-8(10-11(14)13-12(15)17-10)7-16-9-5-3-2-4-6-9/h2-6,8,10H,7H2,1H3,(H,13,14,15)/t8-,10-/m1/s1. The molecule has 1 fully saturated rings. The number of rotatable bonds is 4. The van der Waals surface area contributed by atoms with E-state index in [0.717, 1.165) is 17.5 Å². The lowest BCUT2D eigenvalue weighted by Crippen LogP contribution is -2.31. The molecule has 0 radical (unpaired) electrons. The Labute approximate surface area is 104 Å². The summed E-state index contributed by atoms with van der Waals surface area (Å²) in [5, 5.41) is 1.66. The van der Waals surface area contributed by atoms with Crippen molar-refractivity contribution in [2.45, 2.75) is 12.2 Å². The number of benzene rings is 1. The summed E-state index contributed by atoms with van der Waals surface area (Å²) in [6.07, 6.45) is 0. The predicted octanol–water partition coefficient (Wildman–Crippen LogP) is 2.05. The first-order chi connectivity index (χ1) is 8.16. The third-order valence-electron chi connectivity index (χ3n) is 2.49. The van der Waals surface area contributed by atoms with Crippen LogP contribution < -0.4 is 10.1 Å². The molecule has 2 rings (SSSR count). The quantitative estimate of drug-likeness (QED) is 0.889. The van der Waals surface area contributed by atoms with Crippen molar-refractivity contribution in [3.8, 4) is 5.75 Å². The molecule has 90 valence electrons. The zero-order valence-electron chi connectivity index (χ0n) is 9.38. The van der Waals surface area contributed by atoms with Crippen molar-refractivity contribution in [1.29, 1.82) is 0 Å². The molecule has 5 heteroatoms. The number of imide groups is 1. The summed E-state index contributed by atoms with van der Waals surface area (Å²) in [5.41, 5.74) is 0. The van der Waals surface area contributed by atoms with Crippen LogP contribution in [0.5, 0.6) is 5.75 Å². The van der Waals surface area contributed by atoms with Gasteiger partial charge in [0.2, 0.25) is 5.91 Å². The van der Waals surface area contributed by atoms with Gasteiger partial charge in [-0.3, -0.25) is 14.9 Å². The number of nitrogens with one attached hydrogen (secondary N) is 1. The average Bonchev–Trinajstić information content (AvgIpc) is 2.67. The van der Waals surface area contributed by atoms with Gasteiger partial charge in [-0.2, -0.15) is 0 Å². The molecule has 0 aliphatic carbocycles. The van der Waals surface area contributed by atoms with Crippen LogP contribution in [-0.4, -0.2) is 23.0 Å². The van der Waals surface area contributed by atoms with Crippen LogP contribution in [-0.2, 0) is 4.79 Å². The van der Waals surface area contributed by atoms with Crippen LogP contribution in [0.15, 0.2) is 30.3 Å². The smallest absolute Gasteiger partial charge is 0.286 e. The van der Waals surface area contributed by atoms with Gasteiger partial charge >= 0.3 is 0 Å². The van der Waals surface area contributed by atoms with Crippen molar-refractivity contribution in [3.63, 3.8) is 0 Å². The molecular formula is C12H13NO3S. The molecule has 1 aromatic carbocycles. The van der Waals surface area contributed by atoms with E-state index >= 15 is 0 Å². The van der Waals surface area contributed by atoms with Crippen LogP contribution in [0.1, 0.15) is 6.92 Å². The summed E-state index contributed by atoms with van der Waals surface area (Å²) in [6.45, 7) is 2.32. The SMILES string of the molecule is C[C@H](COc1ccccc1)[C@H]1SC(=O)NC1=O. The van der Waals surface area contributed by atoms with Crippen molar-refractivity contribution in [2.75, 3.05) is 6.61 Å². The van der Waals surface area contributed by atoms with Gasteiger partial charge in [0.05, 0.1) is 11.9 Å². The maximum atomic E-state index is 11.4. The molecule has 1 N–H and O–H groups in total. The van der Waals surface area contributed by atoms with Gasteiger partial charge in [-0.1, -0.05) is 36.9 Å². The highest BCUT2D eigenvalue weighted by Crippen LogP contribution is 2.26. The van der Waals surface area contributed by atoms with Gasteiger partial charge in [-0.05, 0) is 12.1 Å². The van der Waals surface area contributed by atoms with Crippen LogP contribution in [0.4, 0.5) is 4.79 Å². The highest BCUT2D eigenvalue weighted by atomic mass is 32.2. The number of hydrogen-bond donors (Lipinski definition) is 1. The lowest BCUT2D eigenvalue weighted by molar-refractivity contribution is -0.119. The van der Waals surface area contributed by atoms with Crippen molar-refractivity contribution < 1.29 is 14.3 Å². The zero-order chi connectivity index (χ0) is 12.3. The number of amides is 2. The highest BCUT2D eigenvalue weighted by Gasteiger charge is 2.35. The van der Waals surface area contributed by atoms with E-state index in [2.05, 4.69) is 5.32 Å². The molecule has 1 heterocycles. The van der Waals surface area contributed by atoms with E-state index in [1.165, 1.54) is 0 Å². The Bertz CT molecular complexity index is 421. The molecule has 2 atom stereocenters. The largest absolute Gasteiger partial charge is 0.493 e. The Morgan fingerprint density at radius 3 is 2.65 bits per heavy atom. The number of hydrogen-bond acceptors (Lipinski definition) is 4. The van der Waals surface area contributed by atoms with E-state index in [4.69, 9.17) is 4.74 Å². The highest BCUT2D eigenvalue weighted by molar-refractivity contribution is 8.15. The first-order valence-corrected chi connectivity index (χ1v) is 6.24. The van der Waals surface area contributed by atoms with Crippen LogP contribution in [0.3, 0.4) is 0 Å². The monoisotopic (exact) mass is 251 g/mol. The topological polar surface area (TPSA) is 55.4 Å². The third kappa shape index (κ3) is 3.00. The molecule has 0 bridgehead atoms. The Morgan fingerprint density at radius 2 is 2.06 bits per heavy atom. The molecule has 0 unspecified atom stereocenters.